The second-order valence-electron chi connectivity index (χ2n) is 8.24. The molecule has 1 unspecified atom stereocenters. The monoisotopic (exact) mass is 458 g/mol. The van der Waals surface area contributed by atoms with E-state index in [9.17, 15) is 19.1 Å². The Labute approximate surface area is 193 Å². The SMILES string of the molecule is CC(C)c1nc(N(C)C)nc(-c2ccc(F)cc2)c1/C=C/CCC(O)CC(=O)NCC(=O)O. The van der Waals surface area contributed by atoms with Crippen molar-refractivity contribution in [2.75, 3.05) is 25.5 Å². The quantitative estimate of drug-likeness (QED) is 0.473. The molecule has 0 saturated heterocycles. The third-order valence-corrected chi connectivity index (χ3v) is 4.84. The van der Waals surface area contributed by atoms with Gasteiger partial charge in [-0.1, -0.05) is 26.0 Å². The number of hydrogen-bond acceptors (Lipinski definition) is 6. The standard InChI is InChI=1S/C24H31FN4O4/c1-15(2)22-19(8-6-5-7-18(30)13-20(31)26-14-21(32)33)23(28-24(27-22)29(3)4)16-9-11-17(25)12-10-16/h6,8-12,15,18,30H,5,7,13-14H2,1-4H3,(H,26,31)(H,32,33)/b8-6+. The van der Waals surface area contributed by atoms with Crippen LogP contribution in [0.2, 0.25) is 0 Å². The van der Waals surface area contributed by atoms with Crippen LogP contribution in [0.15, 0.2) is 30.3 Å². The van der Waals surface area contributed by atoms with E-state index in [2.05, 4.69) is 5.32 Å². The zero-order valence-corrected chi connectivity index (χ0v) is 19.4. The largest absolute Gasteiger partial charge is 0.480 e. The average molecular weight is 459 g/mol. The van der Waals surface area contributed by atoms with Crippen molar-refractivity contribution in [2.24, 2.45) is 0 Å². The smallest absolute Gasteiger partial charge is 0.322 e. The Morgan fingerprint density at radius 3 is 2.42 bits per heavy atom. The molecule has 0 spiro atoms. The van der Waals surface area contributed by atoms with Crippen molar-refractivity contribution in [2.45, 2.75) is 45.1 Å². The lowest BCUT2D eigenvalue weighted by atomic mass is 9.97. The number of anilines is 1. The van der Waals surface area contributed by atoms with Gasteiger partial charge in [-0.05, 0) is 43.0 Å². The summed E-state index contributed by atoms with van der Waals surface area (Å²) in [6.07, 6.45) is 3.53. The number of carboxylic acids is 1. The lowest BCUT2D eigenvalue weighted by molar-refractivity contribution is -0.138. The predicted molar refractivity (Wildman–Crippen MR) is 125 cm³/mol. The van der Waals surface area contributed by atoms with Crippen molar-refractivity contribution in [3.63, 3.8) is 0 Å². The molecule has 0 bridgehead atoms. The molecular weight excluding hydrogens is 427 g/mol. The maximum absolute atomic E-state index is 13.5. The number of benzene rings is 1. The molecule has 0 radical (unpaired) electrons. The fraction of sp³-hybridized carbons (Fsp3) is 0.417. The number of aromatic nitrogens is 2. The predicted octanol–water partition coefficient (Wildman–Crippen LogP) is 3.22. The molecule has 1 heterocycles. The molecule has 2 rings (SSSR count). The van der Waals surface area contributed by atoms with Gasteiger partial charge in [-0.15, -0.1) is 0 Å². The number of carbonyl (C=O) groups is 2. The summed E-state index contributed by atoms with van der Waals surface area (Å²) >= 11 is 0. The Kier molecular flexibility index (Phi) is 9.47. The number of nitrogens with one attached hydrogen (secondary N) is 1. The molecule has 33 heavy (non-hydrogen) atoms. The molecule has 8 nitrogen and oxygen atoms in total. The Bertz CT molecular complexity index is 991. The van der Waals surface area contributed by atoms with Crippen molar-refractivity contribution in [1.82, 2.24) is 15.3 Å². The van der Waals surface area contributed by atoms with Gasteiger partial charge in [0, 0.05) is 25.2 Å². The van der Waals surface area contributed by atoms with Crippen molar-refractivity contribution in [1.29, 1.82) is 0 Å². The topological polar surface area (TPSA) is 116 Å². The van der Waals surface area contributed by atoms with Crippen LogP contribution in [0.1, 0.15) is 50.3 Å². The van der Waals surface area contributed by atoms with Crippen LogP contribution < -0.4 is 10.2 Å². The molecular formula is C24H31FN4O4. The molecule has 0 aliphatic heterocycles. The first-order valence-corrected chi connectivity index (χ1v) is 10.8. The third kappa shape index (κ3) is 7.94. The molecule has 1 atom stereocenters. The number of allylic oxidation sites excluding steroid dienone is 1. The van der Waals surface area contributed by atoms with Gasteiger partial charge in [-0.2, -0.15) is 0 Å². The number of hydrogen-bond donors (Lipinski definition) is 3. The number of rotatable bonds is 11. The summed E-state index contributed by atoms with van der Waals surface area (Å²) in [6.45, 7) is 3.60. The van der Waals surface area contributed by atoms with Gasteiger partial charge in [-0.3, -0.25) is 9.59 Å². The van der Waals surface area contributed by atoms with Crippen LogP contribution in [0.4, 0.5) is 10.3 Å². The van der Waals surface area contributed by atoms with E-state index in [1.807, 2.05) is 45.0 Å². The fourth-order valence-electron chi connectivity index (χ4n) is 3.16. The van der Waals surface area contributed by atoms with Gasteiger partial charge in [0.1, 0.15) is 12.4 Å². The van der Waals surface area contributed by atoms with Gasteiger partial charge in [0.25, 0.3) is 0 Å². The van der Waals surface area contributed by atoms with Gasteiger partial charge >= 0.3 is 5.97 Å². The Morgan fingerprint density at radius 1 is 1.18 bits per heavy atom. The number of halogens is 1. The molecule has 178 valence electrons. The van der Waals surface area contributed by atoms with Gasteiger partial charge < -0.3 is 20.4 Å². The highest BCUT2D eigenvalue weighted by Gasteiger charge is 2.18. The Balaban J connectivity index is 2.23. The molecule has 9 heteroatoms. The van der Waals surface area contributed by atoms with E-state index in [0.29, 0.717) is 24.5 Å². The van der Waals surface area contributed by atoms with Crippen LogP contribution in [0.25, 0.3) is 17.3 Å². The zero-order valence-electron chi connectivity index (χ0n) is 19.4. The van der Waals surface area contributed by atoms with Crippen LogP contribution in [-0.4, -0.2) is 58.8 Å². The highest BCUT2D eigenvalue weighted by atomic mass is 19.1. The molecule has 0 aliphatic rings. The minimum Gasteiger partial charge on any atom is -0.480 e. The summed E-state index contributed by atoms with van der Waals surface area (Å²) in [6, 6.07) is 6.14. The van der Waals surface area contributed by atoms with Gasteiger partial charge in [0.05, 0.1) is 23.9 Å². The number of carbonyl (C=O) groups excluding carboxylic acids is 1. The maximum Gasteiger partial charge on any atom is 0.322 e. The molecule has 0 aliphatic carbocycles. The van der Waals surface area contributed by atoms with Gasteiger partial charge in [-0.25, -0.2) is 14.4 Å². The molecule has 1 aromatic carbocycles. The third-order valence-electron chi connectivity index (χ3n) is 4.84. The second-order valence-corrected chi connectivity index (χ2v) is 8.24. The number of aliphatic carboxylic acids is 1. The molecule has 1 aromatic heterocycles. The lowest BCUT2D eigenvalue weighted by Crippen LogP contribution is -2.31. The van der Waals surface area contributed by atoms with Crippen LogP contribution in [0, 0.1) is 5.82 Å². The van der Waals surface area contributed by atoms with Crippen molar-refractivity contribution < 1.29 is 24.2 Å². The molecule has 1 amide bonds. The van der Waals surface area contributed by atoms with Gasteiger partial charge in [0.2, 0.25) is 11.9 Å². The maximum atomic E-state index is 13.5. The minimum absolute atomic E-state index is 0.106. The van der Waals surface area contributed by atoms with E-state index in [0.717, 1.165) is 16.8 Å². The number of nitrogens with zero attached hydrogens (tertiary/aromatic N) is 3. The van der Waals surface area contributed by atoms with Crippen molar-refractivity contribution in [3.05, 3.63) is 47.4 Å². The van der Waals surface area contributed by atoms with Gasteiger partial charge in [0.15, 0.2) is 0 Å². The minimum atomic E-state index is -1.14. The van der Waals surface area contributed by atoms with E-state index in [-0.39, 0.29) is 18.2 Å². The van der Waals surface area contributed by atoms with Crippen LogP contribution >= 0.6 is 0 Å². The summed E-state index contributed by atoms with van der Waals surface area (Å²) in [5.41, 5.74) is 3.11. The fourth-order valence-corrected chi connectivity index (χ4v) is 3.16. The second kappa shape index (κ2) is 12.1. The molecule has 3 N–H and O–H groups in total. The summed E-state index contributed by atoms with van der Waals surface area (Å²) in [5.74, 6) is -1.32. The first-order valence-electron chi connectivity index (χ1n) is 10.8. The first kappa shape index (κ1) is 25.9. The Hall–Kier alpha value is -3.33. The van der Waals surface area contributed by atoms with Crippen LogP contribution in [-0.2, 0) is 9.59 Å². The van der Waals surface area contributed by atoms with E-state index >= 15 is 0 Å². The Morgan fingerprint density at radius 2 is 1.85 bits per heavy atom. The van der Waals surface area contributed by atoms with Crippen molar-refractivity contribution >= 4 is 23.9 Å². The zero-order chi connectivity index (χ0) is 24.5. The summed E-state index contributed by atoms with van der Waals surface area (Å²) in [7, 11) is 3.72. The van der Waals surface area contributed by atoms with Crippen LogP contribution in [0.3, 0.4) is 0 Å². The first-order chi connectivity index (χ1) is 15.6. The van der Waals surface area contributed by atoms with E-state index in [1.165, 1.54) is 12.1 Å². The van der Waals surface area contributed by atoms with E-state index in [4.69, 9.17) is 15.1 Å². The molecule has 0 fully saturated rings. The van der Waals surface area contributed by atoms with E-state index < -0.39 is 24.5 Å². The summed E-state index contributed by atoms with van der Waals surface area (Å²) < 4.78 is 13.5. The molecule has 2 aromatic rings. The average Bonchev–Trinajstić information content (AvgIpc) is 2.75. The summed E-state index contributed by atoms with van der Waals surface area (Å²) in [4.78, 5) is 33.4. The number of amides is 1. The highest BCUT2D eigenvalue weighted by molar-refractivity contribution is 5.81. The normalized spacial score (nSPS) is 12.2. The van der Waals surface area contributed by atoms with Crippen molar-refractivity contribution in [3.8, 4) is 11.3 Å². The lowest BCUT2D eigenvalue weighted by Gasteiger charge is -2.19. The number of aliphatic hydroxyl groups is 1. The number of carboxylic acid groups (broad SMARTS) is 1. The highest BCUT2D eigenvalue weighted by Crippen LogP contribution is 2.31. The molecule has 0 saturated carbocycles. The van der Waals surface area contributed by atoms with E-state index in [1.54, 1.807) is 12.1 Å². The van der Waals surface area contributed by atoms with Crippen LogP contribution in [0.5, 0.6) is 0 Å². The number of aliphatic hydroxyl groups excluding tert-OH is 1. The summed E-state index contributed by atoms with van der Waals surface area (Å²) in [5, 5.41) is 20.9.